The Labute approximate surface area is 183 Å². The van der Waals surface area contributed by atoms with Gasteiger partial charge in [0.1, 0.15) is 11.9 Å². The Kier molecular flexibility index (Phi) is 5.45. The topological polar surface area (TPSA) is 129 Å². The molecular weight excluding hydrogens is 417 g/mol. The summed E-state index contributed by atoms with van der Waals surface area (Å²) in [7, 11) is 0. The minimum Gasteiger partial charge on any atom is -0.368 e. The molecule has 1 saturated heterocycles. The van der Waals surface area contributed by atoms with E-state index in [1.54, 1.807) is 24.8 Å². The Bertz CT molecular complexity index is 1140. The van der Waals surface area contributed by atoms with Crippen LogP contribution in [-0.4, -0.2) is 52.6 Å². The first kappa shape index (κ1) is 21.5. The quantitative estimate of drug-likeness (QED) is 0.609. The zero-order valence-corrected chi connectivity index (χ0v) is 17.8. The van der Waals surface area contributed by atoms with Crippen molar-refractivity contribution in [2.45, 2.75) is 39.3 Å². The van der Waals surface area contributed by atoms with Crippen LogP contribution >= 0.6 is 0 Å². The van der Waals surface area contributed by atoms with Gasteiger partial charge in [0.05, 0.1) is 25.1 Å². The fourth-order valence-electron chi connectivity index (χ4n) is 4.44. The molecule has 0 saturated carbocycles. The van der Waals surface area contributed by atoms with Gasteiger partial charge >= 0.3 is 0 Å². The monoisotopic (exact) mass is 441 g/mol. The number of nitrogens with zero attached hydrogens (tertiary/aromatic N) is 2. The van der Waals surface area contributed by atoms with Crippen LogP contribution in [-0.2, 0) is 27.3 Å². The number of aryl methyl sites for hydroxylation is 1. The molecule has 0 radical (unpaired) electrons. The predicted molar refractivity (Wildman–Crippen MR) is 113 cm³/mol. The Morgan fingerprint density at radius 3 is 2.75 bits per heavy atom. The molecule has 3 heterocycles. The highest BCUT2D eigenvalue weighted by Gasteiger charge is 2.35. The number of H-pyrrole nitrogens is 1. The average Bonchev–Trinajstić information content (AvgIpc) is 3.30. The van der Waals surface area contributed by atoms with Crippen molar-refractivity contribution in [3.8, 4) is 0 Å². The third-order valence-electron chi connectivity index (χ3n) is 6.01. The zero-order valence-electron chi connectivity index (χ0n) is 17.8. The van der Waals surface area contributed by atoms with E-state index in [0.717, 1.165) is 0 Å². The maximum atomic E-state index is 13.5. The summed E-state index contributed by atoms with van der Waals surface area (Å²) < 4.78 is 13.5. The number of rotatable bonds is 6. The van der Waals surface area contributed by atoms with Gasteiger partial charge in [-0.05, 0) is 49.6 Å². The van der Waals surface area contributed by atoms with E-state index in [9.17, 15) is 23.6 Å². The van der Waals surface area contributed by atoms with Gasteiger partial charge in [-0.3, -0.25) is 19.2 Å². The van der Waals surface area contributed by atoms with Crippen LogP contribution in [0.2, 0.25) is 0 Å². The molecule has 9 nitrogen and oxygen atoms in total. The molecule has 10 heteroatoms. The van der Waals surface area contributed by atoms with Crippen LogP contribution in [0.4, 0.5) is 10.1 Å². The smallest absolute Gasteiger partial charge is 0.254 e. The summed E-state index contributed by atoms with van der Waals surface area (Å²) in [6, 6.07) is 3.54. The number of carbonyl (C=O) groups excluding carboxylic acids is 4. The number of likely N-dealkylation sites (tertiary alicyclic amines) is 1. The van der Waals surface area contributed by atoms with Crippen LogP contribution in [0.5, 0.6) is 0 Å². The van der Waals surface area contributed by atoms with Crippen LogP contribution in [0.15, 0.2) is 18.2 Å². The molecule has 1 aromatic carbocycles. The van der Waals surface area contributed by atoms with Crippen molar-refractivity contribution >= 4 is 29.3 Å². The van der Waals surface area contributed by atoms with Crippen LogP contribution in [0, 0.1) is 19.7 Å². The number of amides is 4. The van der Waals surface area contributed by atoms with E-state index in [1.165, 1.54) is 17.0 Å². The molecule has 0 spiro atoms. The first-order valence-electron chi connectivity index (χ1n) is 10.3. The zero-order chi connectivity index (χ0) is 23.2. The SMILES string of the molecule is Cc1[nH]c(CN2C(=O)Cc3cc(F)ccc32)c(C)c1C(=O)N[C@H]1CCN(CC(N)=O)C1=O. The summed E-state index contributed by atoms with van der Waals surface area (Å²) in [6.07, 6.45) is 0.521. The second-order valence-corrected chi connectivity index (χ2v) is 8.20. The number of nitrogens with one attached hydrogen (secondary N) is 2. The van der Waals surface area contributed by atoms with Gasteiger partial charge in [0.15, 0.2) is 0 Å². The molecule has 1 aromatic heterocycles. The minimum absolute atomic E-state index is 0.130. The maximum Gasteiger partial charge on any atom is 0.254 e. The van der Waals surface area contributed by atoms with Crippen molar-refractivity contribution in [2.24, 2.45) is 5.73 Å². The molecule has 2 aliphatic heterocycles. The third kappa shape index (κ3) is 3.83. The summed E-state index contributed by atoms with van der Waals surface area (Å²) in [5, 5.41) is 2.74. The number of anilines is 1. The Balaban J connectivity index is 1.50. The largest absolute Gasteiger partial charge is 0.368 e. The van der Waals surface area contributed by atoms with Crippen molar-refractivity contribution in [1.29, 1.82) is 0 Å². The second kappa shape index (κ2) is 8.10. The molecule has 1 fully saturated rings. The Morgan fingerprint density at radius 2 is 2.03 bits per heavy atom. The number of hydrogen-bond acceptors (Lipinski definition) is 4. The number of aromatic nitrogens is 1. The van der Waals surface area contributed by atoms with Gasteiger partial charge in [0.2, 0.25) is 17.7 Å². The standard InChI is InChI=1S/C22H24FN5O4/c1-11-16(9-28-17-4-3-14(23)7-13(17)8-19(28)30)25-12(2)20(11)21(31)26-15-5-6-27(22(15)32)10-18(24)29/h3-4,7,15,25H,5-6,8-10H2,1-2H3,(H2,24,29)(H,26,31)/t15-/m0/s1. The highest BCUT2D eigenvalue weighted by molar-refractivity contribution is 6.02. The van der Waals surface area contributed by atoms with Crippen LogP contribution in [0.25, 0.3) is 0 Å². The normalized spacial score (nSPS) is 17.8. The molecule has 4 rings (SSSR count). The number of fused-ring (bicyclic) bond motifs is 1. The van der Waals surface area contributed by atoms with Gasteiger partial charge in [-0.15, -0.1) is 0 Å². The molecule has 0 unspecified atom stereocenters. The van der Waals surface area contributed by atoms with E-state index < -0.39 is 17.9 Å². The van der Waals surface area contributed by atoms with E-state index in [-0.39, 0.29) is 37.1 Å². The molecule has 0 aliphatic carbocycles. The highest BCUT2D eigenvalue weighted by atomic mass is 19.1. The molecule has 2 aromatic rings. The first-order valence-corrected chi connectivity index (χ1v) is 10.3. The molecule has 4 N–H and O–H groups in total. The third-order valence-corrected chi connectivity index (χ3v) is 6.01. The van der Waals surface area contributed by atoms with E-state index in [2.05, 4.69) is 10.3 Å². The summed E-state index contributed by atoms with van der Waals surface area (Å²) in [5.74, 6) is -1.88. The van der Waals surface area contributed by atoms with E-state index >= 15 is 0 Å². The fraction of sp³-hybridized carbons (Fsp3) is 0.364. The number of carbonyl (C=O) groups is 4. The average molecular weight is 441 g/mol. The fourth-order valence-corrected chi connectivity index (χ4v) is 4.44. The van der Waals surface area contributed by atoms with Gasteiger partial charge in [-0.25, -0.2) is 4.39 Å². The molecule has 32 heavy (non-hydrogen) atoms. The number of halogens is 1. The lowest BCUT2D eigenvalue weighted by Gasteiger charge is -2.17. The van der Waals surface area contributed by atoms with Crippen LogP contribution in [0.3, 0.4) is 0 Å². The lowest BCUT2D eigenvalue weighted by molar-refractivity contribution is -0.133. The lowest BCUT2D eigenvalue weighted by Crippen LogP contribution is -2.43. The van der Waals surface area contributed by atoms with Crippen LogP contribution < -0.4 is 16.0 Å². The van der Waals surface area contributed by atoms with Crippen molar-refractivity contribution in [3.63, 3.8) is 0 Å². The van der Waals surface area contributed by atoms with Gasteiger partial charge in [-0.1, -0.05) is 0 Å². The lowest BCUT2D eigenvalue weighted by atomic mass is 10.1. The number of benzene rings is 1. The van der Waals surface area contributed by atoms with Gasteiger partial charge in [-0.2, -0.15) is 0 Å². The van der Waals surface area contributed by atoms with E-state index in [1.807, 2.05) is 0 Å². The maximum absolute atomic E-state index is 13.5. The van der Waals surface area contributed by atoms with E-state index in [4.69, 9.17) is 5.73 Å². The number of primary amides is 1. The molecule has 0 bridgehead atoms. The molecule has 168 valence electrons. The van der Waals surface area contributed by atoms with E-state index in [0.29, 0.717) is 46.7 Å². The van der Waals surface area contributed by atoms with Gasteiger partial charge in [0.25, 0.3) is 5.91 Å². The number of aromatic amines is 1. The summed E-state index contributed by atoms with van der Waals surface area (Å²) in [4.78, 5) is 55.0. The minimum atomic E-state index is -0.721. The highest BCUT2D eigenvalue weighted by Crippen LogP contribution is 2.32. The van der Waals surface area contributed by atoms with Gasteiger partial charge in [0, 0.05) is 23.6 Å². The number of nitrogens with two attached hydrogens (primary N) is 1. The summed E-state index contributed by atoms with van der Waals surface area (Å²) in [5.41, 5.74) is 8.82. The molecule has 2 aliphatic rings. The van der Waals surface area contributed by atoms with Crippen molar-refractivity contribution < 1.29 is 23.6 Å². The molecule has 4 amide bonds. The number of hydrogen-bond donors (Lipinski definition) is 3. The predicted octanol–water partition coefficient (Wildman–Crippen LogP) is 0.676. The summed E-state index contributed by atoms with van der Waals surface area (Å²) in [6.45, 7) is 3.91. The van der Waals surface area contributed by atoms with Crippen molar-refractivity contribution in [2.75, 3.05) is 18.0 Å². The first-order chi connectivity index (χ1) is 15.2. The Hall–Kier alpha value is -3.69. The van der Waals surface area contributed by atoms with Gasteiger partial charge < -0.3 is 25.8 Å². The molecule has 1 atom stereocenters. The van der Waals surface area contributed by atoms with Crippen LogP contribution in [0.1, 0.15) is 39.3 Å². The summed E-state index contributed by atoms with van der Waals surface area (Å²) >= 11 is 0. The van der Waals surface area contributed by atoms with Crippen molar-refractivity contribution in [3.05, 3.63) is 52.1 Å². The Morgan fingerprint density at radius 1 is 1.28 bits per heavy atom. The molecular formula is C22H24FN5O4. The second-order valence-electron chi connectivity index (χ2n) is 8.20. The van der Waals surface area contributed by atoms with Crippen molar-refractivity contribution in [1.82, 2.24) is 15.2 Å².